The summed E-state index contributed by atoms with van der Waals surface area (Å²) in [6, 6.07) is 0.247. The number of nitrogens with zero attached hydrogens (tertiary/aromatic N) is 1. The van der Waals surface area contributed by atoms with E-state index < -0.39 is 6.80 Å². The third-order valence-corrected chi connectivity index (χ3v) is 10.0. The normalized spacial score (nSPS) is 19.9. The van der Waals surface area contributed by atoms with E-state index in [0.29, 0.717) is 17.8 Å². The van der Waals surface area contributed by atoms with Crippen molar-refractivity contribution in [3.05, 3.63) is 0 Å². The van der Waals surface area contributed by atoms with Crippen LogP contribution in [0.3, 0.4) is 0 Å². The average Bonchev–Trinajstić information content (AvgIpc) is 3.22. The summed E-state index contributed by atoms with van der Waals surface area (Å²) in [4.78, 5) is 18.6. The van der Waals surface area contributed by atoms with E-state index in [9.17, 15) is 14.4 Å². The Morgan fingerprint density at radius 2 is 1.26 bits per heavy atom. The predicted molar refractivity (Wildman–Crippen MR) is 153 cm³/mol. The van der Waals surface area contributed by atoms with Crippen LogP contribution in [0.4, 0.5) is 0 Å². The molecule has 0 aromatic rings. The second kappa shape index (κ2) is 19.5. The summed E-state index contributed by atoms with van der Waals surface area (Å²) >= 11 is 0.808. The Labute approximate surface area is 222 Å². The Morgan fingerprint density at radius 1 is 0.800 bits per heavy atom. The number of unbranched alkanes of at least 4 members (excludes halogenated alkanes) is 15. The van der Waals surface area contributed by atoms with Crippen molar-refractivity contribution in [3.8, 4) is 0 Å². The van der Waals surface area contributed by atoms with Gasteiger partial charge in [-0.25, -0.2) is 4.57 Å². The third-order valence-electron chi connectivity index (χ3n) is 7.73. The first-order chi connectivity index (χ1) is 16.6. The van der Waals surface area contributed by atoms with Crippen molar-refractivity contribution in [2.24, 2.45) is 5.92 Å². The van der Waals surface area contributed by atoms with Gasteiger partial charge in [0.15, 0.2) is 0 Å². The van der Waals surface area contributed by atoms with E-state index in [1.807, 2.05) is 0 Å². The fraction of sp³-hybridized carbons (Fsp3) is 1.00. The topological polar surface area (TPSA) is 66.8 Å². The first-order valence-corrected chi connectivity index (χ1v) is 18.0. The van der Waals surface area contributed by atoms with Crippen molar-refractivity contribution in [3.63, 3.8) is 0 Å². The zero-order valence-corrected chi connectivity index (χ0v) is 25.3. The van der Waals surface area contributed by atoms with E-state index in [1.54, 1.807) is 0 Å². The standard InChI is InChI=1S/C28H58NO4PS/c1-5-6-7-8-9-10-11-12-13-14-15-16-17-18-19-20-23-33-27-22-21-26(24-27)28(29(2,3)4)25-35-34(30,31)32/h26-28H,5-25H2,1-4H3,(H-,30,31,32)/p+1. The van der Waals surface area contributed by atoms with Gasteiger partial charge in [0.1, 0.15) is 6.04 Å². The highest BCUT2D eigenvalue weighted by Crippen LogP contribution is 2.51. The highest BCUT2D eigenvalue weighted by Gasteiger charge is 2.39. The molecule has 1 aliphatic carbocycles. The maximum Gasteiger partial charge on any atom is 0.384 e. The molecule has 0 radical (unpaired) electrons. The van der Waals surface area contributed by atoms with Gasteiger partial charge in [0.05, 0.1) is 33.0 Å². The monoisotopic (exact) mass is 536 g/mol. The van der Waals surface area contributed by atoms with Crippen molar-refractivity contribution < 1.29 is 23.6 Å². The minimum absolute atomic E-state index is 0.247. The van der Waals surface area contributed by atoms with Gasteiger partial charge in [0.25, 0.3) is 0 Å². The van der Waals surface area contributed by atoms with E-state index in [1.165, 1.54) is 96.3 Å². The fourth-order valence-electron chi connectivity index (χ4n) is 5.54. The maximum atomic E-state index is 11.4. The molecule has 0 aliphatic heterocycles. The average molecular weight is 537 g/mol. The Bertz CT molecular complexity index is 552. The summed E-state index contributed by atoms with van der Waals surface area (Å²) in [5.74, 6) is 0.981. The van der Waals surface area contributed by atoms with Crippen molar-refractivity contribution in [1.82, 2.24) is 0 Å². The van der Waals surface area contributed by atoms with Crippen LogP contribution in [0.5, 0.6) is 0 Å². The molecule has 0 aromatic heterocycles. The van der Waals surface area contributed by atoms with Gasteiger partial charge in [-0.05, 0) is 37.1 Å². The van der Waals surface area contributed by atoms with Crippen LogP contribution in [0.15, 0.2) is 0 Å². The number of hydrogen-bond acceptors (Lipinski definition) is 3. The van der Waals surface area contributed by atoms with E-state index >= 15 is 0 Å². The quantitative estimate of drug-likeness (QED) is 0.0780. The fourth-order valence-corrected chi connectivity index (χ4v) is 7.65. The molecular weight excluding hydrogens is 477 g/mol. The van der Waals surface area contributed by atoms with Crippen LogP contribution in [0.25, 0.3) is 0 Å². The van der Waals surface area contributed by atoms with Gasteiger partial charge in [-0.15, -0.1) is 0 Å². The van der Waals surface area contributed by atoms with Gasteiger partial charge in [-0.2, -0.15) is 0 Å². The molecule has 0 heterocycles. The number of rotatable bonds is 23. The lowest BCUT2D eigenvalue weighted by atomic mass is 9.97. The van der Waals surface area contributed by atoms with Gasteiger partial charge >= 0.3 is 6.80 Å². The predicted octanol–water partition coefficient (Wildman–Crippen LogP) is 8.33. The smallest absolute Gasteiger partial charge is 0.378 e. The molecule has 35 heavy (non-hydrogen) atoms. The number of hydrogen-bond donors (Lipinski definition) is 2. The highest BCUT2D eigenvalue weighted by molar-refractivity contribution is 8.54. The molecule has 1 rings (SSSR count). The summed E-state index contributed by atoms with van der Waals surface area (Å²) in [5, 5.41) is 0. The van der Waals surface area contributed by atoms with Gasteiger partial charge in [-0.1, -0.05) is 103 Å². The minimum Gasteiger partial charge on any atom is -0.378 e. The Morgan fingerprint density at radius 3 is 1.69 bits per heavy atom. The molecule has 0 saturated heterocycles. The molecule has 5 nitrogen and oxygen atoms in total. The molecule has 0 aromatic carbocycles. The summed E-state index contributed by atoms with van der Waals surface area (Å²) < 4.78 is 18.3. The van der Waals surface area contributed by atoms with Crippen LogP contribution in [0, 0.1) is 5.92 Å². The Balaban J connectivity index is 1.97. The lowest BCUT2D eigenvalue weighted by Crippen LogP contribution is -2.50. The van der Waals surface area contributed by atoms with E-state index in [4.69, 9.17) is 4.74 Å². The summed E-state index contributed by atoms with van der Waals surface area (Å²) in [7, 11) is 6.40. The molecule has 0 spiro atoms. The minimum atomic E-state index is -4.02. The van der Waals surface area contributed by atoms with Crippen molar-refractivity contribution in [2.45, 2.75) is 141 Å². The summed E-state index contributed by atoms with van der Waals surface area (Å²) in [6.07, 6.45) is 25.7. The van der Waals surface area contributed by atoms with Crippen LogP contribution in [-0.4, -0.2) is 59.9 Å². The largest absolute Gasteiger partial charge is 0.384 e. The molecule has 0 amide bonds. The lowest BCUT2D eigenvalue weighted by molar-refractivity contribution is -0.897. The first kappa shape index (κ1) is 33.4. The molecule has 3 unspecified atom stereocenters. The third kappa shape index (κ3) is 18.3. The van der Waals surface area contributed by atoms with Crippen LogP contribution in [0.1, 0.15) is 129 Å². The molecule has 210 valence electrons. The highest BCUT2D eigenvalue weighted by atomic mass is 32.7. The molecule has 2 N–H and O–H groups in total. The Hall–Kier alpha value is 0.420. The van der Waals surface area contributed by atoms with Crippen molar-refractivity contribution in [2.75, 3.05) is 33.5 Å². The number of ether oxygens (including phenoxy) is 1. The summed E-state index contributed by atoms with van der Waals surface area (Å²) in [6.45, 7) is -0.870. The van der Waals surface area contributed by atoms with Gasteiger partial charge in [0, 0.05) is 12.5 Å². The molecule has 3 atom stereocenters. The van der Waals surface area contributed by atoms with Crippen molar-refractivity contribution >= 4 is 18.2 Å². The van der Waals surface area contributed by atoms with Crippen LogP contribution >= 0.6 is 18.2 Å². The molecule has 1 saturated carbocycles. The van der Waals surface area contributed by atoms with E-state index in [-0.39, 0.29) is 6.04 Å². The van der Waals surface area contributed by atoms with Crippen LogP contribution in [0.2, 0.25) is 0 Å². The van der Waals surface area contributed by atoms with Crippen LogP contribution < -0.4 is 0 Å². The van der Waals surface area contributed by atoms with Gasteiger partial charge in [0.2, 0.25) is 0 Å². The first-order valence-electron chi connectivity index (χ1n) is 14.8. The SMILES string of the molecule is CCCCCCCCCCCCCCCCCCOC1CCC(C(CSP(=O)(O)O)[N+](C)(C)C)C1. The second-order valence-electron chi connectivity index (χ2n) is 11.8. The molecule has 7 heteroatoms. The molecular formula is C28H59NO4PS+. The molecule has 1 aliphatic rings. The van der Waals surface area contributed by atoms with E-state index in [0.717, 1.165) is 48.2 Å². The molecule has 1 fully saturated rings. The van der Waals surface area contributed by atoms with Gasteiger partial charge in [-0.3, -0.25) is 0 Å². The maximum absolute atomic E-state index is 11.4. The molecule has 0 bridgehead atoms. The summed E-state index contributed by atoms with van der Waals surface area (Å²) in [5.41, 5.74) is 0. The second-order valence-corrected chi connectivity index (χ2v) is 15.6. The van der Waals surface area contributed by atoms with Gasteiger partial charge < -0.3 is 19.0 Å². The number of quaternary nitrogens is 1. The Kier molecular flexibility index (Phi) is 18.6. The zero-order chi connectivity index (χ0) is 26.0. The van der Waals surface area contributed by atoms with Crippen LogP contribution in [-0.2, 0) is 9.30 Å². The zero-order valence-electron chi connectivity index (χ0n) is 23.6. The van der Waals surface area contributed by atoms with Crippen molar-refractivity contribution in [1.29, 1.82) is 0 Å². The van der Waals surface area contributed by atoms with E-state index in [2.05, 4.69) is 28.1 Å². The lowest BCUT2D eigenvalue weighted by Gasteiger charge is -2.37.